The highest BCUT2D eigenvalue weighted by Crippen LogP contribution is 2.34. The highest BCUT2D eigenvalue weighted by atomic mass is 16.7. The summed E-state index contributed by atoms with van der Waals surface area (Å²) < 4.78 is 10.4. The van der Waals surface area contributed by atoms with Crippen molar-refractivity contribution in [2.24, 2.45) is 0 Å². The molecule has 3 rings (SSSR count). The molecule has 2 aromatic carbocycles. The quantitative estimate of drug-likeness (QED) is 0.836. The third kappa shape index (κ3) is 3.26. The van der Waals surface area contributed by atoms with E-state index in [9.17, 15) is 9.59 Å². The minimum atomic E-state index is -0.746. The normalized spacial score (nSPS) is 11.9. The van der Waals surface area contributed by atoms with Crippen LogP contribution in [-0.2, 0) is 9.59 Å². The Balaban J connectivity index is 1.67. The predicted molar refractivity (Wildman–Crippen MR) is 85.7 cm³/mol. The van der Waals surface area contributed by atoms with Crippen LogP contribution in [0.1, 0.15) is 11.1 Å². The zero-order valence-corrected chi connectivity index (χ0v) is 12.8. The summed E-state index contributed by atoms with van der Waals surface area (Å²) in [6.07, 6.45) is 0. The van der Waals surface area contributed by atoms with Gasteiger partial charge in [0, 0.05) is 17.4 Å². The molecule has 0 bridgehead atoms. The van der Waals surface area contributed by atoms with Crippen molar-refractivity contribution in [3.8, 4) is 11.5 Å². The maximum Gasteiger partial charge on any atom is 0.314 e. The van der Waals surface area contributed by atoms with Gasteiger partial charge in [-0.15, -0.1) is 0 Å². The van der Waals surface area contributed by atoms with Crippen LogP contribution in [0.3, 0.4) is 0 Å². The van der Waals surface area contributed by atoms with E-state index < -0.39 is 11.8 Å². The molecule has 0 atom stereocenters. The van der Waals surface area contributed by atoms with E-state index in [4.69, 9.17) is 9.47 Å². The summed E-state index contributed by atoms with van der Waals surface area (Å²) in [6, 6.07) is 10.5. The number of aryl methyl sites for hydroxylation is 2. The second kappa shape index (κ2) is 6.00. The van der Waals surface area contributed by atoms with E-state index in [2.05, 4.69) is 10.6 Å². The molecule has 0 saturated carbocycles. The van der Waals surface area contributed by atoms with Crippen molar-refractivity contribution in [3.05, 3.63) is 47.5 Å². The Labute approximate surface area is 133 Å². The number of rotatable bonds is 2. The number of amides is 2. The summed E-state index contributed by atoms with van der Waals surface area (Å²) in [6.45, 7) is 3.99. The first-order valence-corrected chi connectivity index (χ1v) is 7.12. The molecule has 2 aromatic rings. The zero-order chi connectivity index (χ0) is 16.4. The van der Waals surface area contributed by atoms with Gasteiger partial charge in [0.05, 0.1) is 0 Å². The van der Waals surface area contributed by atoms with E-state index in [0.717, 1.165) is 11.1 Å². The molecular formula is C17H16N2O4. The zero-order valence-electron chi connectivity index (χ0n) is 12.8. The fourth-order valence-electron chi connectivity index (χ4n) is 2.30. The van der Waals surface area contributed by atoms with Gasteiger partial charge < -0.3 is 20.1 Å². The summed E-state index contributed by atoms with van der Waals surface area (Å²) in [5.74, 6) is -0.321. The number of hydrogen-bond acceptors (Lipinski definition) is 4. The number of carbonyl (C=O) groups is 2. The SMILES string of the molecule is Cc1ccc(NC(=O)C(=O)Nc2ccc3c(c2)OCO3)c(C)c1. The predicted octanol–water partition coefficient (Wildman–Crippen LogP) is 2.61. The Morgan fingerprint density at radius 1 is 0.913 bits per heavy atom. The summed E-state index contributed by atoms with van der Waals surface area (Å²) in [5, 5.41) is 5.14. The van der Waals surface area contributed by atoms with E-state index in [0.29, 0.717) is 22.9 Å². The van der Waals surface area contributed by atoms with E-state index in [1.165, 1.54) is 0 Å². The van der Waals surface area contributed by atoms with Crippen LogP contribution in [-0.4, -0.2) is 18.6 Å². The molecule has 23 heavy (non-hydrogen) atoms. The van der Waals surface area contributed by atoms with Crippen molar-refractivity contribution >= 4 is 23.2 Å². The number of benzene rings is 2. The van der Waals surface area contributed by atoms with Gasteiger partial charge in [-0.25, -0.2) is 0 Å². The van der Waals surface area contributed by atoms with Gasteiger partial charge in [0.25, 0.3) is 0 Å². The van der Waals surface area contributed by atoms with Gasteiger partial charge in [0.2, 0.25) is 6.79 Å². The van der Waals surface area contributed by atoms with Crippen molar-refractivity contribution in [3.63, 3.8) is 0 Å². The molecule has 0 unspecified atom stereocenters. The summed E-state index contributed by atoms with van der Waals surface area (Å²) >= 11 is 0. The molecule has 0 aromatic heterocycles. The van der Waals surface area contributed by atoms with Crippen LogP contribution in [0.15, 0.2) is 36.4 Å². The fraction of sp³-hybridized carbons (Fsp3) is 0.176. The number of nitrogens with one attached hydrogen (secondary N) is 2. The fourth-order valence-corrected chi connectivity index (χ4v) is 2.30. The molecule has 0 spiro atoms. The van der Waals surface area contributed by atoms with Crippen LogP contribution in [0, 0.1) is 13.8 Å². The largest absolute Gasteiger partial charge is 0.454 e. The molecule has 2 N–H and O–H groups in total. The van der Waals surface area contributed by atoms with Crippen molar-refractivity contribution in [1.82, 2.24) is 0 Å². The van der Waals surface area contributed by atoms with Crippen LogP contribution in [0.4, 0.5) is 11.4 Å². The first kappa shape index (κ1) is 14.9. The lowest BCUT2D eigenvalue weighted by atomic mass is 10.1. The average Bonchev–Trinajstić information content (AvgIpc) is 2.97. The molecule has 0 saturated heterocycles. The lowest BCUT2D eigenvalue weighted by Gasteiger charge is -2.09. The molecule has 6 heteroatoms. The Kier molecular flexibility index (Phi) is 3.89. The van der Waals surface area contributed by atoms with Crippen LogP contribution in [0.2, 0.25) is 0 Å². The van der Waals surface area contributed by atoms with E-state index in [-0.39, 0.29) is 6.79 Å². The van der Waals surface area contributed by atoms with Crippen LogP contribution in [0.5, 0.6) is 11.5 Å². The molecule has 0 radical (unpaired) electrons. The van der Waals surface area contributed by atoms with Gasteiger partial charge in [-0.05, 0) is 37.6 Å². The Bertz CT molecular complexity index is 786. The Morgan fingerprint density at radius 3 is 2.43 bits per heavy atom. The van der Waals surface area contributed by atoms with Gasteiger partial charge in [-0.3, -0.25) is 9.59 Å². The van der Waals surface area contributed by atoms with Gasteiger partial charge in [-0.1, -0.05) is 17.7 Å². The standard InChI is InChI=1S/C17H16N2O4/c1-10-3-5-13(11(2)7-10)19-17(21)16(20)18-12-4-6-14-15(8-12)23-9-22-14/h3-8H,9H2,1-2H3,(H,18,20)(H,19,21). The van der Waals surface area contributed by atoms with Gasteiger partial charge in [-0.2, -0.15) is 0 Å². The lowest BCUT2D eigenvalue weighted by Crippen LogP contribution is -2.29. The number of anilines is 2. The molecule has 118 valence electrons. The van der Waals surface area contributed by atoms with Crippen molar-refractivity contribution in [1.29, 1.82) is 0 Å². The number of hydrogen-bond donors (Lipinski definition) is 2. The van der Waals surface area contributed by atoms with Gasteiger partial charge >= 0.3 is 11.8 Å². The Morgan fingerprint density at radius 2 is 1.65 bits per heavy atom. The van der Waals surface area contributed by atoms with Crippen LogP contribution >= 0.6 is 0 Å². The number of ether oxygens (including phenoxy) is 2. The topological polar surface area (TPSA) is 76.7 Å². The average molecular weight is 312 g/mol. The monoisotopic (exact) mass is 312 g/mol. The maximum atomic E-state index is 12.0. The summed E-state index contributed by atoms with van der Waals surface area (Å²) in [7, 11) is 0. The lowest BCUT2D eigenvalue weighted by molar-refractivity contribution is -0.133. The van der Waals surface area contributed by atoms with Crippen molar-refractivity contribution in [2.75, 3.05) is 17.4 Å². The summed E-state index contributed by atoms with van der Waals surface area (Å²) in [4.78, 5) is 24.0. The minimum absolute atomic E-state index is 0.153. The van der Waals surface area contributed by atoms with E-state index in [1.807, 2.05) is 26.0 Å². The smallest absolute Gasteiger partial charge is 0.314 e. The van der Waals surface area contributed by atoms with Gasteiger partial charge in [0.15, 0.2) is 11.5 Å². The molecule has 2 amide bonds. The second-order valence-corrected chi connectivity index (χ2v) is 5.29. The van der Waals surface area contributed by atoms with Crippen LogP contribution < -0.4 is 20.1 Å². The summed E-state index contributed by atoms with van der Waals surface area (Å²) in [5.41, 5.74) is 3.07. The molecule has 0 fully saturated rings. The first-order chi connectivity index (χ1) is 11.0. The molecule has 1 heterocycles. The van der Waals surface area contributed by atoms with Crippen molar-refractivity contribution < 1.29 is 19.1 Å². The number of carbonyl (C=O) groups excluding carboxylic acids is 2. The minimum Gasteiger partial charge on any atom is -0.454 e. The molecule has 1 aliphatic heterocycles. The Hall–Kier alpha value is -3.02. The molecule has 6 nitrogen and oxygen atoms in total. The third-order valence-electron chi connectivity index (χ3n) is 3.47. The molecule has 1 aliphatic rings. The number of fused-ring (bicyclic) bond motifs is 1. The second-order valence-electron chi connectivity index (χ2n) is 5.29. The van der Waals surface area contributed by atoms with E-state index in [1.54, 1.807) is 24.3 Å². The molecular weight excluding hydrogens is 296 g/mol. The van der Waals surface area contributed by atoms with Crippen LogP contribution in [0.25, 0.3) is 0 Å². The van der Waals surface area contributed by atoms with E-state index >= 15 is 0 Å². The molecule has 0 aliphatic carbocycles. The maximum absolute atomic E-state index is 12.0. The third-order valence-corrected chi connectivity index (χ3v) is 3.47. The first-order valence-electron chi connectivity index (χ1n) is 7.12. The van der Waals surface area contributed by atoms with Gasteiger partial charge in [0.1, 0.15) is 0 Å². The van der Waals surface area contributed by atoms with Crippen molar-refractivity contribution in [2.45, 2.75) is 13.8 Å². The highest BCUT2D eigenvalue weighted by molar-refractivity contribution is 6.43. The highest BCUT2D eigenvalue weighted by Gasteiger charge is 2.18.